The van der Waals surface area contributed by atoms with Gasteiger partial charge in [-0.25, -0.2) is 14.8 Å². The van der Waals surface area contributed by atoms with Gasteiger partial charge >= 0.3 is 6.09 Å². The number of benzene rings is 2. The van der Waals surface area contributed by atoms with Gasteiger partial charge in [-0.15, -0.1) is 21.5 Å². The van der Waals surface area contributed by atoms with E-state index in [0.29, 0.717) is 73.6 Å². The molecule has 1 saturated carbocycles. The number of aromatic nitrogens is 5. The summed E-state index contributed by atoms with van der Waals surface area (Å²) in [5.41, 5.74) is 14.3. The van der Waals surface area contributed by atoms with E-state index in [0.717, 1.165) is 84.7 Å². The molecule has 83 heavy (non-hydrogen) atoms. The summed E-state index contributed by atoms with van der Waals surface area (Å²) in [4.78, 5) is 61.8. The first kappa shape index (κ1) is 55.9. The van der Waals surface area contributed by atoms with Crippen LogP contribution < -0.4 is 30.5 Å². The van der Waals surface area contributed by atoms with Crippen LogP contribution in [0.1, 0.15) is 108 Å². The van der Waals surface area contributed by atoms with Crippen LogP contribution in [0.3, 0.4) is 0 Å². The number of aliphatic hydroxyl groups excluding tert-OH is 1. The number of thiazole rings is 1. The highest BCUT2D eigenvalue weighted by Crippen LogP contribution is 2.41. The Bertz CT molecular complexity index is 3250. The largest absolute Gasteiger partial charge is 0.507 e. The minimum absolute atomic E-state index is 0.0148. The number of phenolic OH excluding ortho intramolecular Hbond substituents is 1. The number of fused-ring (bicyclic) bond motifs is 2. The Kier molecular flexibility index (Phi) is 16.2. The number of amides is 3. The fraction of sp³-hybridized carbons (Fsp3) is 0.508. The number of carbonyl (C=O) groups is 3. The van der Waals surface area contributed by atoms with Gasteiger partial charge in [0.2, 0.25) is 17.7 Å². The normalized spacial score (nSPS) is 23.8. The van der Waals surface area contributed by atoms with E-state index in [9.17, 15) is 24.6 Å². The molecule has 22 heteroatoms. The summed E-state index contributed by atoms with van der Waals surface area (Å²) in [6, 6.07) is 22.4. The number of aliphatic hydroxyl groups is 1. The van der Waals surface area contributed by atoms with Gasteiger partial charge < -0.3 is 64.5 Å². The average molecular weight is 1150 g/mol. The van der Waals surface area contributed by atoms with Crippen LogP contribution in [-0.2, 0) is 19.1 Å². The number of hydrogen-bond donors (Lipinski definition) is 4. The second kappa shape index (κ2) is 24.0. The molecule has 12 rings (SSSR count). The van der Waals surface area contributed by atoms with E-state index < -0.39 is 18.1 Å². The molecule has 1 unspecified atom stereocenters. The van der Waals surface area contributed by atoms with Gasteiger partial charge in [0.25, 0.3) is 0 Å². The Morgan fingerprint density at radius 1 is 0.807 bits per heavy atom. The second-order valence-electron chi connectivity index (χ2n) is 23.6. The molecule has 21 nitrogen and oxygen atoms in total. The van der Waals surface area contributed by atoms with Crippen LogP contribution >= 0.6 is 11.3 Å². The number of likely N-dealkylation sites (tertiary alicyclic amines) is 2. The Morgan fingerprint density at radius 3 is 2.25 bits per heavy atom. The molecule has 438 valence electrons. The van der Waals surface area contributed by atoms with E-state index in [2.05, 4.69) is 57.5 Å². The number of pyridine rings is 1. The third kappa shape index (κ3) is 12.0. The average Bonchev–Trinajstić information content (AvgIpc) is 4.03. The molecule has 2 bridgehead atoms. The molecule has 2 aromatic carbocycles. The maximum absolute atomic E-state index is 14.4. The van der Waals surface area contributed by atoms with E-state index >= 15 is 0 Å². The van der Waals surface area contributed by atoms with Gasteiger partial charge in [0.1, 0.15) is 29.9 Å². The van der Waals surface area contributed by atoms with Crippen LogP contribution in [0.4, 0.5) is 27.8 Å². The van der Waals surface area contributed by atoms with Crippen molar-refractivity contribution in [3.05, 3.63) is 102 Å². The maximum atomic E-state index is 14.4. The zero-order valence-corrected chi connectivity index (χ0v) is 48.3. The van der Waals surface area contributed by atoms with Crippen molar-refractivity contribution in [3.63, 3.8) is 0 Å². The predicted octanol–water partition coefficient (Wildman–Crippen LogP) is 7.88. The lowest BCUT2D eigenvalue weighted by atomic mass is 9.91. The highest BCUT2D eigenvalue weighted by molar-refractivity contribution is 7.13. The van der Waals surface area contributed by atoms with Crippen molar-refractivity contribution in [2.24, 2.45) is 5.92 Å². The lowest BCUT2D eigenvalue weighted by Crippen LogP contribution is -2.54. The van der Waals surface area contributed by atoms with Gasteiger partial charge in [-0.3, -0.25) is 9.59 Å². The number of nitrogens with zero attached hydrogens (tertiary/aromatic N) is 10. The van der Waals surface area contributed by atoms with Crippen LogP contribution in [0.15, 0.2) is 89.0 Å². The van der Waals surface area contributed by atoms with E-state index in [1.54, 1.807) is 34.4 Å². The third-order valence-electron chi connectivity index (χ3n) is 17.7. The first-order valence-corrected chi connectivity index (χ1v) is 30.3. The number of nitrogen functional groups attached to an aromatic ring is 1. The minimum Gasteiger partial charge on any atom is -0.507 e. The SMILES string of the molecule is Cc1ncsc1-c1ccc([C@H](C)NC(=O)[C@@H]2C[C@@H](O)CN2C(=O)[C@H](c2cc(N3CCC(OC(=O)N4CCC(OC5CC(Oc6cc(N7C8CC[C@@H]7CN(c7cc(-c9ccccc9O)nnc7N)C8)ccn6)C5)CC4)CC3)no2)C(C)C)cc1. The lowest BCUT2D eigenvalue weighted by molar-refractivity contribution is -0.141. The summed E-state index contributed by atoms with van der Waals surface area (Å²) < 4.78 is 24.9. The number of hydrogen-bond acceptors (Lipinski definition) is 19. The molecule has 3 amide bonds. The molecule has 0 spiro atoms. The number of piperazine rings is 1. The van der Waals surface area contributed by atoms with E-state index in [1.807, 2.05) is 81.9 Å². The lowest BCUT2D eigenvalue weighted by Gasteiger charge is -2.43. The first-order valence-electron chi connectivity index (χ1n) is 29.4. The van der Waals surface area contributed by atoms with Gasteiger partial charge in [-0.05, 0) is 80.8 Å². The molecule has 5 N–H and O–H groups in total. The summed E-state index contributed by atoms with van der Waals surface area (Å²) in [5, 5.41) is 37.3. The monoisotopic (exact) mass is 1150 g/mol. The zero-order valence-electron chi connectivity index (χ0n) is 47.5. The summed E-state index contributed by atoms with van der Waals surface area (Å²) >= 11 is 1.59. The number of piperidine rings is 2. The number of para-hydroxylation sites is 1. The topological polar surface area (TPSA) is 251 Å². The van der Waals surface area contributed by atoms with Gasteiger partial charge in [0.05, 0.1) is 51.8 Å². The third-order valence-corrected chi connectivity index (χ3v) is 18.7. The van der Waals surface area contributed by atoms with Gasteiger partial charge in [0.15, 0.2) is 17.4 Å². The molecule has 4 aromatic heterocycles. The van der Waals surface area contributed by atoms with E-state index in [-0.39, 0.29) is 85.1 Å². The number of ether oxygens (including phenoxy) is 3. The van der Waals surface area contributed by atoms with Crippen molar-refractivity contribution < 1.29 is 43.3 Å². The van der Waals surface area contributed by atoms with Crippen LogP contribution in [0, 0.1) is 12.8 Å². The summed E-state index contributed by atoms with van der Waals surface area (Å²) in [6.45, 7) is 11.7. The van der Waals surface area contributed by atoms with Crippen molar-refractivity contribution >= 4 is 52.3 Å². The Labute approximate surface area is 487 Å². The molecule has 9 heterocycles. The molecule has 6 atom stereocenters. The second-order valence-corrected chi connectivity index (χ2v) is 24.5. The molecule has 0 radical (unpaired) electrons. The van der Waals surface area contributed by atoms with Gasteiger partial charge in [-0.2, -0.15) is 0 Å². The number of carbonyl (C=O) groups excluding carboxylic acids is 3. The van der Waals surface area contributed by atoms with E-state index in [4.69, 9.17) is 24.5 Å². The number of nitrogens with two attached hydrogens (primary N) is 1. The molecular weight excluding hydrogens is 1080 g/mol. The van der Waals surface area contributed by atoms with Crippen LogP contribution in [-0.4, -0.2) is 158 Å². The maximum Gasteiger partial charge on any atom is 0.410 e. The Hall–Kier alpha value is -7.56. The van der Waals surface area contributed by atoms with Crippen molar-refractivity contribution in [2.45, 2.75) is 146 Å². The molecule has 6 fully saturated rings. The van der Waals surface area contributed by atoms with Gasteiger partial charge in [-0.1, -0.05) is 55.4 Å². The number of anilines is 4. The standard InChI is InChI=1S/C61H74N12O9S/c1-35(2)56(60(77)72-33-43(74)26-51(72)59(76)65-36(3)38-9-11-39(12-10-38)57-37(4)64-34-83-57)53-30-54(68-82-53)69-21-16-45(17-22-69)81-61(78)70-23-18-44(19-24-70)79-46-27-47(28-46)80-55-25-40(15-20-63-55)73-41-13-14-42(73)32-71(31-41)50-29-49(66-67-58(50)62)48-7-5-6-8-52(48)75/h5-12,15,20,25,29-30,34-36,41-47,51,56,74-75H,13-14,16-19,21-24,26-28,31-33H2,1-4H3,(H2,62,67)(H,65,76)/t36-,41+,42?,43+,46?,47?,51-,56-/m0/s1. The Morgan fingerprint density at radius 2 is 1.54 bits per heavy atom. The molecule has 1 aliphatic carbocycles. The van der Waals surface area contributed by atoms with Crippen LogP contribution in [0.25, 0.3) is 21.7 Å². The van der Waals surface area contributed by atoms with Crippen molar-refractivity contribution in [2.75, 3.05) is 66.2 Å². The highest BCUT2D eigenvalue weighted by Gasteiger charge is 2.45. The summed E-state index contributed by atoms with van der Waals surface area (Å²) in [7, 11) is 0. The molecule has 6 aromatic rings. The summed E-state index contributed by atoms with van der Waals surface area (Å²) in [5.74, 6) is 0.624. The molecular formula is C61H74N12O9S. The van der Waals surface area contributed by atoms with Crippen LogP contribution in [0.2, 0.25) is 0 Å². The predicted molar refractivity (Wildman–Crippen MR) is 313 cm³/mol. The zero-order chi connectivity index (χ0) is 57.5. The molecule has 6 aliphatic rings. The highest BCUT2D eigenvalue weighted by atomic mass is 32.1. The van der Waals surface area contributed by atoms with E-state index in [1.165, 1.54) is 4.90 Å². The quantitative estimate of drug-likeness (QED) is 0.0719. The summed E-state index contributed by atoms with van der Waals surface area (Å²) in [6.07, 6.45) is 7.13. The number of phenols is 1. The number of nitrogens with one attached hydrogen (secondary N) is 1. The number of rotatable bonds is 16. The smallest absolute Gasteiger partial charge is 0.410 e. The number of β-amino-alcohol motifs (C(OH)–C–C–N with tert-alkyl or cyclic N) is 1. The minimum atomic E-state index is -0.842. The van der Waals surface area contributed by atoms with Crippen molar-refractivity contribution in [1.29, 1.82) is 0 Å². The first-order chi connectivity index (χ1) is 40.2. The van der Waals surface area contributed by atoms with Crippen LogP contribution in [0.5, 0.6) is 11.6 Å². The fourth-order valence-electron chi connectivity index (χ4n) is 13.1. The number of aromatic hydroxyl groups is 1. The van der Waals surface area contributed by atoms with Crippen molar-refractivity contribution in [3.8, 4) is 33.3 Å². The Balaban J connectivity index is 0.562. The fourth-order valence-corrected chi connectivity index (χ4v) is 13.9. The molecule has 5 aliphatic heterocycles. The molecule has 5 saturated heterocycles. The van der Waals surface area contributed by atoms with Gasteiger partial charge in [0, 0.05) is 120 Å². The van der Waals surface area contributed by atoms with Crippen molar-refractivity contribution in [1.82, 2.24) is 40.4 Å². The number of aryl methyl sites for hydroxylation is 1.